The van der Waals surface area contributed by atoms with Crippen LogP contribution in [0.15, 0.2) is 0 Å². The molecule has 3 fully saturated rings. The molecule has 1 saturated carbocycles. The first-order valence-corrected chi connectivity index (χ1v) is 4.11. The van der Waals surface area contributed by atoms with E-state index < -0.39 is 0 Å². The van der Waals surface area contributed by atoms with Crippen molar-refractivity contribution in [1.29, 1.82) is 0 Å². The molecule has 1 heteroatoms. The van der Waals surface area contributed by atoms with Crippen LogP contribution in [-0.4, -0.2) is 24.5 Å². The Morgan fingerprint density at radius 1 is 1.22 bits per heavy atom. The lowest BCUT2D eigenvalue weighted by Crippen LogP contribution is -2.48. The minimum Gasteiger partial charge on any atom is -0.303 e. The summed E-state index contributed by atoms with van der Waals surface area (Å²) < 4.78 is 0. The van der Waals surface area contributed by atoms with Gasteiger partial charge in [0.05, 0.1) is 0 Å². The van der Waals surface area contributed by atoms with Crippen molar-refractivity contribution in [3.8, 4) is 0 Å². The highest BCUT2D eigenvalue weighted by molar-refractivity contribution is 4.88. The molecule has 52 valence electrons. The monoisotopic (exact) mass is 125 g/mol. The molecule has 0 spiro atoms. The molecule has 0 N–H and O–H groups in total. The lowest BCUT2D eigenvalue weighted by atomic mass is 9.71. The fourth-order valence-corrected chi connectivity index (χ4v) is 2.23. The molecule has 0 aromatic rings. The first kappa shape index (κ1) is 5.72. The van der Waals surface area contributed by atoms with Crippen molar-refractivity contribution >= 4 is 0 Å². The zero-order chi connectivity index (χ0) is 6.27. The van der Waals surface area contributed by atoms with Crippen molar-refractivity contribution in [3.63, 3.8) is 0 Å². The first-order valence-electron chi connectivity index (χ1n) is 4.11. The molecule has 0 aromatic carbocycles. The minimum absolute atomic E-state index is 1.09. The van der Waals surface area contributed by atoms with Crippen LogP contribution in [0.4, 0.5) is 0 Å². The van der Waals surface area contributed by atoms with Crippen LogP contribution >= 0.6 is 0 Å². The molecule has 9 heavy (non-hydrogen) atoms. The molecule has 0 radical (unpaired) electrons. The molecule has 1 aliphatic carbocycles. The molecule has 2 aliphatic heterocycles. The number of hydrogen-bond donors (Lipinski definition) is 0. The molecular weight excluding hydrogens is 110 g/mol. The first-order chi connectivity index (χ1) is 4.38. The Hall–Kier alpha value is -0.0400. The van der Waals surface area contributed by atoms with Crippen LogP contribution in [0.1, 0.15) is 19.8 Å². The summed E-state index contributed by atoms with van der Waals surface area (Å²) >= 11 is 0. The molecule has 2 heterocycles. The van der Waals surface area contributed by atoms with Crippen LogP contribution < -0.4 is 0 Å². The third-order valence-corrected chi connectivity index (χ3v) is 2.81. The zero-order valence-corrected chi connectivity index (χ0v) is 6.14. The van der Waals surface area contributed by atoms with Gasteiger partial charge in [-0.1, -0.05) is 6.92 Å². The van der Waals surface area contributed by atoms with Gasteiger partial charge < -0.3 is 4.90 Å². The highest BCUT2D eigenvalue weighted by Crippen LogP contribution is 2.38. The summed E-state index contributed by atoms with van der Waals surface area (Å²) in [7, 11) is 0. The fourth-order valence-electron chi connectivity index (χ4n) is 2.23. The van der Waals surface area contributed by atoms with E-state index in [9.17, 15) is 0 Å². The molecule has 2 saturated heterocycles. The van der Waals surface area contributed by atoms with Gasteiger partial charge in [0.2, 0.25) is 0 Å². The largest absolute Gasteiger partial charge is 0.303 e. The van der Waals surface area contributed by atoms with E-state index in [0.717, 1.165) is 11.8 Å². The number of nitrogens with zero attached hydrogens (tertiary/aromatic N) is 1. The van der Waals surface area contributed by atoms with Gasteiger partial charge in [0.1, 0.15) is 0 Å². The molecule has 0 unspecified atom stereocenters. The molecule has 0 amide bonds. The van der Waals surface area contributed by atoms with E-state index in [4.69, 9.17) is 0 Å². The average Bonchev–Trinajstić information content (AvgIpc) is 1.87. The summed E-state index contributed by atoms with van der Waals surface area (Å²) in [6.07, 6.45) is 3.08. The fraction of sp³-hybridized carbons (Fsp3) is 1.00. The van der Waals surface area contributed by atoms with E-state index >= 15 is 0 Å². The number of rotatable bonds is 1. The third kappa shape index (κ3) is 0.877. The Morgan fingerprint density at radius 2 is 1.78 bits per heavy atom. The zero-order valence-electron chi connectivity index (χ0n) is 6.14. The normalized spacial score (nSPS) is 42.3. The van der Waals surface area contributed by atoms with Crippen molar-refractivity contribution in [2.24, 2.45) is 11.8 Å². The predicted molar refractivity (Wildman–Crippen MR) is 38.3 cm³/mol. The van der Waals surface area contributed by atoms with Gasteiger partial charge in [0.25, 0.3) is 0 Å². The smallest absolute Gasteiger partial charge is 0.000988 e. The topological polar surface area (TPSA) is 3.24 Å². The average molecular weight is 125 g/mol. The van der Waals surface area contributed by atoms with Crippen molar-refractivity contribution in [1.82, 2.24) is 4.90 Å². The van der Waals surface area contributed by atoms with E-state index in [1.165, 1.54) is 32.5 Å². The van der Waals surface area contributed by atoms with Crippen LogP contribution in [0.5, 0.6) is 0 Å². The molecule has 2 bridgehead atoms. The van der Waals surface area contributed by atoms with E-state index in [1.807, 2.05) is 0 Å². The summed E-state index contributed by atoms with van der Waals surface area (Å²) in [5.41, 5.74) is 0. The Balaban J connectivity index is 1.89. The van der Waals surface area contributed by atoms with E-state index in [0.29, 0.717) is 0 Å². The van der Waals surface area contributed by atoms with Gasteiger partial charge in [0, 0.05) is 13.1 Å². The second-order valence-corrected chi connectivity index (χ2v) is 3.56. The molecule has 0 aromatic heterocycles. The Morgan fingerprint density at radius 3 is 2.11 bits per heavy atom. The second kappa shape index (κ2) is 1.98. The second-order valence-electron chi connectivity index (χ2n) is 3.56. The van der Waals surface area contributed by atoms with Gasteiger partial charge in [-0.15, -0.1) is 0 Å². The van der Waals surface area contributed by atoms with Crippen molar-refractivity contribution in [2.45, 2.75) is 19.8 Å². The van der Waals surface area contributed by atoms with Crippen LogP contribution in [0, 0.1) is 11.8 Å². The number of hydrogen-bond acceptors (Lipinski definition) is 1. The summed E-state index contributed by atoms with van der Waals surface area (Å²) in [4.78, 5) is 2.59. The van der Waals surface area contributed by atoms with Crippen LogP contribution in [0.25, 0.3) is 0 Å². The Bertz CT molecular complexity index is 95.1. The molecule has 3 aliphatic rings. The lowest BCUT2D eigenvalue weighted by molar-refractivity contribution is 0.0310. The van der Waals surface area contributed by atoms with Crippen molar-refractivity contribution in [2.75, 3.05) is 19.6 Å². The van der Waals surface area contributed by atoms with Crippen molar-refractivity contribution in [3.05, 3.63) is 0 Å². The maximum Gasteiger partial charge on any atom is 0.000988 e. The minimum atomic E-state index is 1.09. The summed E-state index contributed by atoms with van der Waals surface area (Å²) in [6, 6.07) is 0. The van der Waals surface area contributed by atoms with Crippen molar-refractivity contribution < 1.29 is 0 Å². The van der Waals surface area contributed by atoms with Gasteiger partial charge in [-0.05, 0) is 31.2 Å². The van der Waals surface area contributed by atoms with Gasteiger partial charge in [-0.25, -0.2) is 0 Å². The quantitative estimate of drug-likeness (QED) is 0.511. The molecule has 3 rings (SSSR count). The van der Waals surface area contributed by atoms with Crippen LogP contribution in [-0.2, 0) is 0 Å². The standard InChI is InChI=1S/C8H15N/c1-2-9-5-7-3-8(4-7)6-9/h7-8H,2-6H2,1H3. The van der Waals surface area contributed by atoms with E-state index in [-0.39, 0.29) is 0 Å². The molecular formula is C8H15N. The maximum atomic E-state index is 2.59. The molecule has 1 nitrogen and oxygen atoms in total. The van der Waals surface area contributed by atoms with Gasteiger partial charge in [-0.3, -0.25) is 0 Å². The van der Waals surface area contributed by atoms with Gasteiger partial charge in [0.15, 0.2) is 0 Å². The predicted octanol–water partition coefficient (Wildman–Crippen LogP) is 1.35. The van der Waals surface area contributed by atoms with E-state index in [1.54, 1.807) is 0 Å². The Kier molecular flexibility index (Phi) is 1.26. The summed E-state index contributed by atoms with van der Waals surface area (Å²) in [6.45, 7) is 6.33. The van der Waals surface area contributed by atoms with Crippen LogP contribution in [0.3, 0.4) is 0 Å². The SMILES string of the molecule is CCN1CC2CC(C2)C1. The Labute approximate surface area is 57.0 Å². The number of fused-ring (bicyclic) bond motifs is 2. The summed E-state index contributed by atoms with van der Waals surface area (Å²) in [5, 5.41) is 0. The highest BCUT2D eigenvalue weighted by Gasteiger charge is 2.35. The number of piperidine rings is 2. The molecule has 0 atom stereocenters. The van der Waals surface area contributed by atoms with Gasteiger partial charge in [-0.2, -0.15) is 0 Å². The summed E-state index contributed by atoms with van der Waals surface area (Å²) in [5.74, 6) is 2.17. The van der Waals surface area contributed by atoms with Gasteiger partial charge >= 0.3 is 0 Å². The highest BCUT2D eigenvalue weighted by atomic mass is 15.1. The maximum absolute atomic E-state index is 2.59. The third-order valence-electron chi connectivity index (χ3n) is 2.81. The van der Waals surface area contributed by atoms with Crippen LogP contribution in [0.2, 0.25) is 0 Å². The lowest BCUT2D eigenvalue weighted by Gasteiger charge is -2.46. The van der Waals surface area contributed by atoms with E-state index in [2.05, 4.69) is 11.8 Å².